The lowest BCUT2D eigenvalue weighted by molar-refractivity contribution is 0.0519. The Hall–Kier alpha value is -2.37. The molecule has 0 saturated carbocycles. The maximum Gasteiger partial charge on any atom is 0.508 e. The summed E-state index contributed by atoms with van der Waals surface area (Å²) in [6, 6.07) is 21.1. The van der Waals surface area contributed by atoms with Crippen LogP contribution in [0.3, 0.4) is 0 Å². The molecule has 0 fully saturated rings. The Bertz CT molecular complexity index is 1070. The minimum atomic E-state index is -0.511. The van der Waals surface area contributed by atoms with Crippen molar-refractivity contribution in [2.75, 3.05) is 26.4 Å². The third-order valence-corrected chi connectivity index (χ3v) is 12.0. The Morgan fingerprint density at radius 3 is 1.17 bits per heavy atom. The molecule has 4 unspecified atom stereocenters. The highest BCUT2D eigenvalue weighted by Gasteiger charge is 2.16. The first kappa shape index (κ1) is 51.8. The third kappa shape index (κ3) is 30.6. The summed E-state index contributed by atoms with van der Waals surface area (Å²) in [5.41, 5.74) is 2.50. The number of unbranched alkanes of at least 4 members (excludes halogenated alkanes) is 16. The number of hydrogen-bond acceptors (Lipinski definition) is 5. The van der Waals surface area contributed by atoms with E-state index in [1.807, 2.05) is 0 Å². The molecular formula is C53H90O5. The van der Waals surface area contributed by atoms with Crippen LogP contribution in [0.15, 0.2) is 60.7 Å². The molecule has 332 valence electrons. The summed E-state index contributed by atoms with van der Waals surface area (Å²) in [5.74, 6) is 2.48. The first-order valence-electron chi connectivity index (χ1n) is 24.5. The zero-order chi connectivity index (χ0) is 41.6. The van der Waals surface area contributed by atoms with E-state index in [9.17, 15) is 4.79 Å². The molecular weight excluding hydrogens is 717 g/mol. The molecule has 0 bridgehead atoms. The van der Waals surface area contributed by atoms with Crippen LogP contribution in [0.4, 0.5) is 4.79 Å². The van der Waals surface area contributed by atoms with Crippen LogP contribution in [-0.2, 0) is 32.2 Å². The van der Waals surface area contributed by atoms with E-state index in [1.54, 1.807) is 0 Å². The Morgan fingerprint density at radius 1 is 0.448 bits per heavy atom. The van der Waals surface area contributed by atoms with Crippen molar-refractivity contribution in [2.45, 2.75) is 208 Å². The Kier molecular flexibility index (Phi) is 33.6. The summed E-state index contributed by atoms with van der Waals surface area (Å²) in [5, 5.41) is 0. The van der Waals surface area contributed by atoms with Crippen LogP contribution in [0, 0.1) is 23.7 Å². The van der Waals surface area contributed by atoms with Gasteiger partial charge in [0, 0.05) is 13.2 Å². The summed E-state index contributed by atoms with van der Waals surface area (Å²) >= 11 is 0. The van der Waals surface area contributed by atoms with Crippen LogP contribution >= 0.6 is 0 Å². The van der Waals surface area contributed by atoms with Crippen LogP contribution in [0.2, 0.25) is 0 Å². The van der Waals surface area contributed by atoms with Crippen molar-refractivity contribution in [3.8, 4) is 0 Å². The van der Waals surface area contributed by atoms with Crippen molar-refractivity contribution in [3.63, 3.8) is 0 Å². The lowest BCUT2D eigenvalue weighted by Gasteiger charge is -2.21. The van der Waals surface area contributed by atoms with E-state index >= 15 is 0 Å². The highest BCUT2D eigenvalue weighted by atomic mass is 16.7. The fraction of sp³-hybridized carbons (Fsp3) is 0.755. The predicted molar refractivity (Wildman–Crippen MR) is 246 cm³/mol. The SMILES string of the molecule is CCCCCCCCCCC(COCc1ccccc1)CC(C)CCCCOC(=O)OCCCCC(C)CC(CCCCCCCCCC)COCc1ccccc1. The summed E-state index contributed by atoms with van der Waals surface area (Å²) < 4.78 is 23.3. The minimum absolute atomic E-state index is 0.442. The zero-order valence-corrected chi connectivity index (χ0v) is 38.3. The molecule has 0 radical (unpaired) electrons. The van der Waals surface area contributed by atoms with Gasteiger partial charge in [0.05, 0.1) is 26.4 Å². The summed E-state index contributed by atoms with van der Waals surface area (Å²) in [6.45, 7) is 13.3. The second kappa shape index (κ2) is 37.6. The molecule has 0 amide bonds. The molecule has 0 N–H and O–H groups in total. The van der Waals surface area contributed by atoms with Crippen molar-refractivity contribution in [1.82, 2.24) is 0 Å². The monoisotopic (exact) mass is 807 g/mol. The van der Waals surface area contributed by atoms with Gasteiger partial charge in [-0.15, -0.1) is 0 Å². The molecule has 5 heteroatoms. The topological polar surface area (TPSA) is 54.0 Å². The number of hydrogen-bond donors (Lipinski definition) is 0. The van der Waals surface area contributed by atoms with Crippen LogP contribution in [0.5, 0.6) is 0 Å². The number of rotatable bonds is 40. The zero-order valence-electron chi connectivity index (χ0n) is 38.3. The van der Waals surface area contributed by atoms with Gasteiger partial charge in [-0.05, 0) is 86.2 Å². The van der Waals surface area contributed by atoms with Crippen molar-refractivity contribution >= 4 is 6.16 Å². The maximum atomic E-state index is 12.3. The smallest absolute Gasteiger partial charge is 0.434 e. The van der Waals surface area contributed by atoms with Crippen LogP contribution < -0.4 is 0 Å². The third-order valence-electron chi connectivity index (χ3n) is 12.0. The highest BCUT2D eigenvalue weighted by molar-refractivity contribution is 5.59. The number of benzene rings is 2. The predicted octanol–water partition coefficient (Wildman–Crippen LogP) is 16.3. The minimum Gasteiger partial charge on any atom is -0.434 e. The van der Waals surface area contributed by atoms with Gasteiger partial charge in [0.25, 0.3) is 0 Å². The average molecular weight is 807 g/mol. The van der Waals surface area contributed by atoms with E-state index in [0.717, 1.165) is 51.7 Å². The van der Waals surface area contributed by atoms with Gasteiger partial charge in [-0.25, -0.2) is 4.79 Å². The summed E-state index contributed by atoms with van der Waals surface area (Å²) in [7, 11) is 0. The molecule has 0 aromatic heterocycles. The molecule has 2 rings (SSSR count). The fourth-order valence-corrected chi connectivity index (χ4v) is 8.42. The molecule has 2 aromatic rings. The van der Waals surface area contributed by atoms with Gasteiger partial charge in [0.2, 0.25) is 0 Å². The van der Waals surface area contributed by atoms with Gasteiger partial charge < -0.3 is 18.9 Å². The van der Waals surface area contributed by atoms with E-state index in [4.69, 9.17) is 18.9 Å². The fourth-order valence-electron chi connectivity index (χ4n) is 8.42. The Morgan fingerprint density at radius 2 is 0.793 bits per heavy atom. The lowest BCUT2D eigenvalue weighted by atomic mass is 9.89. The second-order valence-corrected chi connectivity index (χ2v) is 17.9. The first-order valence-corrected chi connectivity index (χ1v) is 24.5. The normalized spacial score (nSPS) is 13.6. The molecule has 4 atom stereocenters. The van der Waals surface area contributed by atoms with Gasteiger partial charge in [0.15, 0.2) is 0 Å². The van der Waals surface area contributed by atoms with Gasteiger partial charge in [0.1, 0.15) is 0 Å². The molecule has 0 aliphatic carbocycles. The van der Waals surface area contributed by atoms with Crippen molar-refractivity contribution in [2.24, 2.45) is 23.7 Å². The Labute approximate surface area is 358 Å². The highest BCUT2D eigenvalue weighted by Crippen LogP contribution is 2.26. The maximum absolute atomic E-state index is 12.3. The standard InChI is InChI=1S/C53H90O5/c1-5-7-9-11-13-15-17-21-37-51(45-55-43-49-33-23-19-24-34-49)41-47(3)31-27-29-39-57-53(54)58-40-30-28-32-48(4)42-52(38-22-18-16-14-12-10-8-6-2)46-56-44-50-35-25-20-26-36-50/h19-20,23-26,33-36,47-48,51-52H,5-18,21-22,27-32,37-46H2,1-4H3. The molecule has 0 heterocycles. The Balaban J connectivity index is 1.57. The molecule has 0 aliphatic rings. The van der Waals surface area contributed by atoms with Gasteiger partial charge >= 0.3 is 6.16 Å². The van der Waals surface area contributed by atoms with Gasteiger partial charge in [-0.2, -0.15) is 0 Å². The van der Waals surface area contributed by atoms with Crippen molar-refractivity contribution in [3.05, 3.63) is 71.8 Å². The largest absolute Gasteiger partial charge is 0.508 e. The number of ether oxygens (including phenoxy) is 4. The molecule has 5 nitrogen and oxygen atoms in total. The van der Waals surface area contributed by atoms with Crippen LogP contribution in [-0.4, -0.2) is 32.6 Å². The van der Waals surface area contributed by atoms with Crippen LogP contribution in [0.1, 0.15) is 206 Å². The molecule has 0 saturated heterocycles. The first-order chi connectivity index (χ1) is 28.5. The average Bonchev–Trinajstić information content (AvgIpc) is 3.23. The van der Waals surface area contributed by atoms with E-state index < -0.39 is 6.16 Å². The van der Waals surface area contributed by atoms with Gasteiger partial charge in [-0.1, -0.05) is 204 Å². The summed E-state index contributed by atoms with van der Waals surface area (Å²) in [6.07, 6.45) is 32.4. The molecule has 58 heavy (non-hydrogen) atoms. The molecule has 0 aliphatic heterocycles. The second-order valence-electron chi connectivity index (χ2n) is 17.9. The van der Waals surface area contributed by atoms with Crippen molar-refractivity contribution < 1.29 is 23.7 Å². The molecule has 0 spiro atoms. The van der Waals surface area contributed by atoms with E-state index in [1.165, 1.54) is 140 Å². The lowest BCUT2D eigenvalue weighted by Crippen LogP contribution is -2.14. The molecule has 2 aromatic carbocycles. The van der Waals surface area contributed by atoms with E-state index in [-0.39, 0.29) is 0 Å². The van der Waals surface area contributed by atoms with Gasteiger partial charge in [-0.3, -0.25) is 0 Å². The number of carbonyl (C=O) groups excluding carboxylic acids is 1. The van der Waals surface area contributed by atoms with Crippen LogP contribution in [0.25, 0.3) is 0 Å². The summed E-state index contributed by atoms with van der Waals surface area (Å²) in [4.78, 5) is 12.3. The van der Waals surface area contributed by atoms with E-state index in [2.05, 4.69) is 88.4 Å². The van der Waals surface area contributed by atoms with Crippen molar-refractivity contribution in [1.29, 1.82) is 0 Å². The quantitative estimate of drug-likeness (QED) is 0.0496. The van der Waals surface area contributed by atoms with E-state index in [0.29, 0.717) is 50.1 Å². The number of carbonyl (C=O) groups is 1.